The average molecular weight is 498 g/mol. The van der Waals surface area contributed by atoms with Crippen molar-refractivity contribution < 1.29 is 4.79 Å². The third-order valence-electron chi connectivity index (χ3n) is 5.34. The number of benzene rings is 1. The molecule has 0 spiro atoms. The maximum absolute atomic E-state index is 11.8. The first-order valence-corrected chi connectivity index (χ1v) is 10.6. The van der Waals surface area contributed by atoms with Gasteiger partial charge in [-0.3, -0.25) is 9.79 Å². The fraction of sp³-hybridized carbons (Fsp3) is 0.636. The summed E-state index contributed by atoms with van der Waals surface area (Å²) in [4.78, 5) is 16.4. The Morgan fingerprint density at radius 3 is 2.68 bits per heavy atom. The monoisotopic (exact) mass is 498 g/mol. The zero-order valence-corrected chi connectivity index (χ0v) is 19.6. The molecule has 0 heterocycles. The van der Waals surface area contributed by atoms with E-state index in [0.29, 0.717) is 19.0 Å². The summed E-state index contributed by atoms with van der Waals surface area (Å²) in [7, 11) is 0. The summed E-state index contributed by atoms with van der Waals surface area (Å²) in [5.74, 6) is 0.985. The van der Waals surface area contributed by atoms with Crippen LogP contribution in [0.1, 0.15) is 75.1 Å². The van der Waals surface area contributed by atoms with Crippen LogP contribution in [0.15, 0.2) is 23.2 Å². The van der Waals surface area contributed by atoms with Crippen LogP contribution in [-0.2, 0) is 17.6 Å². The van der Waals surface area contributed by atoms with Gasteiger partial charge >= 0.3 is 0 Å². The number of hydrogen-bond donors (Lipinski definition) is 3. The van der Waals surface area contributed by atoms with Crippen molar-refractivity contribution in [1.29, 1.82) is 0 Å². The Kier molecular flexibility index (Phi) is 9.55. The number of aliphatic imine (C=N–C) groups is 1. The third-order valence-corrected chi connectivity index (χ3v) is 5.34. The molecule has 5 nitrogen and oxygen atoms in total. The molecule has 1 amide bonds. The number of amides is 1. The van der Waals surface area contributed by atoms with Crippen LogP contribution in [0.3, 0.4) is 0 Å². The van der Waals surface area contributed by atoms with E-state index in [2.05, 4.69) is 53.0 Å². The van der Waals surface area contributed by atoms with Crippen molar-refractivity contribution in [2.75, 3.05) is 13.1 Å². The van der Waals surface area contributed by atoms with Crippen LogP contribution in [0, 0.1) is 0 Å². The maximum atomic E-state index is 11.8. The van der Waals surface area contributed by atoms with Crippen LogP contribution in [0.5, 0.6) is 0 Å². The normalized spacial score (nSPS) is 17.1. The number of carbonyl (C=O) groups excluding carboxylic acids is 1. The molecule has 6 heteroatoms. The number of aryl methyl sites for hydroxylation is 2. The van der Waals surface area contributed by atoms with Gasteiger partial charge in [0, 0.05) is 25.6 Å². The summed E-state index contributed by atoms with van der Waals surface area (Å²) >= 11 is 0. The molecule has 0 aliphatic heterocycles. The Morgan fingerprint density at radius 2 is 1.96 bits per heavy atom. The van der Waals surface area contributed by atoms with Gasteiger partial charge in [-0.1, -0.05) is 18.2 Å². The van der Waals surface area contributed by atoms with E-state index in [1.165, 1.54) is 42.4 Å². The van der Waals surface area contributed by atoms with Gasteiger partial charge in [-0.2, -0.15) is 0 Å². The van der Waals surface area contributed by atoms with Crippen molar-refractivity contribution in [2.24, 2.45) is 4.99 Å². The molecule has 28 heavy (non-hydrogen) atoms. The molecule has 1 saturated carbocycles. The van der Waals surface area contributed by atoms with Gasteiger partial charge in [-0.25, -0.2) is 0 Å². The number of nitrogens with zero attached hydrogens (tertiary/aromatic N) is 1. The van der Waals surface area contributed by atoms with Crippen molar-refractivity contribution >= 4 is 35.8 Å². The van der Waals surface area contributed by atoms with E-state index in [9.17, 15) is 4.79 Å². The molecule has 1 fully saturated rings. The minimum atomic E-state index is 0. The molecule has 1 aromatic rings. The lowest BCUT2D eigenvalue weighted by Crippen LogP contribution is -2.39. The lowest BCUT2D eigenvalue weighted by Gasteiger charge is -2.21. The van der Waals surface area contributed by atoms with Gasteiger partial charge in [0.2, 0.25) is 5.91 Å². The van der Waals surface area contributed by atoms with Crippen molar-refractivity contribution in [2.45, 2.75) is 77.3 Å². The topological polar surface area (TPSA) is 65.5 Å². The molecule has 0 radical (unpaired) electrons. The Bertz CT molecular complexity index is 673. The minimum absolute atomic E-state index is 0. The van der Waals surface area contributed by atoms with E-state index in [1.54, 1.807) is 0 Å². The summed E-state index contributed by atoms with van der Waals surface area (Å²) in [6.07, 6.45) is 8.65. The molecule has 1 aromatic carbocycles. The van der Waals surface area contributed by atoms with Gasteiger partial charge in [0.25, 0.3) is 0 Å². The van der Waals surface area contributed by atoms with Gasteiger partial charge in [0.1, 0.15) is 0 Å². The van der Waals surface area contributed by atoms with Crippen LogP contribution < -0.4 is 16.0 Å². The predicted molar refractivity (Wildman–Crippen MR) is 126 cm³/mol. The highest BCUT2D eigenvalue weighted by Gasteiger charge is 2.22. The summed E-state index contributed by atoms with van der Waals surface area (Å²) < 4.78 is 0. The molecule has 2 aliphatic carbocycles. The van der Waals surface area contributed by atoms with Crippen LogP contribution in [0.4, 0.5) is 0 Å². The van der Waals surface area contributed by atoms with E-state index in [1.807, 2.05) is 0 Å². The second kappa shape index (κ2) is 11.6. The van der Waals surface area contributed by atoms with E-state index in [0.717, 1.165) is 31.8 Å². The number of guanidine groups is 1. The first kappa shape index (κ1) is 23.0. The molecule has 3 rings (SSSR count). The predicted octanol–water partition coefficient (Wildman–Crippen LogP) is 3.86. The molecule has 1 atom stereocenters. The SMILES string of the molecule is CCNC(=NCCCC(=O)NC1CC1)NC(C)c1ccc2c(c1)CCCC2.I. The molecular formula is C22H35IN4O. The number of nitrogens with one attached hydrogen (secondary N) is 3. The van der Waals surface area contributed by atoms with Gasteiger partial charge < -0.3 is 16.0 Å². The Balaban J connectivity index is 0.00000280. The highest BCUT2D eigenvalue weighted by molar-refractivity contribution is 14.0. The first-order chi connectivity index (χ1) is 13.2. The van der Waals surface area contributed by atoms with E-state index < -0.39 is 0 Å². The van der Waals surface area contributed by atoms with Gasteiger partial charge in [0.05, 0.1) is 6.04 Å². The lowest BCUT2D eigenvalue weighted by molar-refractivity contribution is -0.121. The van der Waals surface area contributed by atoms with Crippen LogP contribution in [0.25, 0.3) is 0 Å². The molecule has 3 N–H and O–H groups in total. The highest BCUT2D eigenvalue weighted by Crippen LogP contribution is 2.24. The zero-order valence-electron chi connectivity index (χ0n) is 17.2. The molecule has 1 unspecified atom stereocenters. The zero-order chi connectivity index (χ0) is 19.1. The summed E-state index contributed by atoms with van der Waals surface area (Å²) in [6, 6.07) is 7.54. The summed E-state index contributed by atoms with van der Waals surface area (Å²) in [6.45, 7) is 5.74. The fourth-order valence-electron chi connectivity index (χ4n) is 3.59. The standard InChI is InChI=1S/C22H34N4O.HI/c1-3-23-22(24-14-6-9-21(27)26-20-12-13-20)25-16(2)18-11-10-17-7-4-5-8-19(17)15-18;/h10-11,15-16,20H,3-9,12-14H2,1-2H3,(H,26,27)(H2,23,24,25);1H. The quantitative estimate of drug-likeness (QED) is 0.221. The van der Waals surface area contributed by atoms with Crippen LogP contribution in [-0.4, -0.2) is 31.0 Å². The second-order valence-corrected chi connectivity index (χ2v) is 7.81. The average Bonchev–Trinajstić information content (AvgIpc) is 3.48. The maximum Gasteiger partial charge on any atom is 0.220 e. The number of rotatable bonds is 8. The fourth-order valence-corrected chi connectivity index (χ4v) is 3.59. The van der Waals surface area contributed by atoms with Crippen molar-refractivity contribution in [1.82, 2.24) is 16.0 Å². The number of carbonyl (C=O) groups is 1. The lowest BCUT2D eigenvalue weighted by atomic mass is 9.89. The molecule has 2 aliphatic rings. The Labute approximate surface area is 186 Å². The van der Waals surface area contributed by atoms with Crippen molar-refractivity contribution in [3.05, 3.63) is 34.9 Å². The number of hydrogen-bond acceptors (Lipinski definition) is 2. The molecule has 0 bridgehead atoms. The number of fused-ring (bicyclic) bond motifs is 1. The highest BCUT2D eigenvalue weighted by atomic mass is 127. The van der Waals surface area contributed by atoms with E-state index >= 15 is 0 Å². The van der Waals surface area contributed by atoms with Crippen LogP contribution >= 0.6 is 24.0 Å². The van der Waals surface area contributed by atoms with Gasteiger partial charge in [-0.05, 0) is 75.5 Å². The third kappa shape index (κ3) is 7.26. The van der Waals surface area contributed by atoms with E-state index in [4.69, 9.17) is 0 Å². The van der Waals surface area contributed by atoms with Gasteiger partial charge in [0.15, 0.2) is 5.96 Å². The second-order valence-electron chi connectivity index (χ2n) is 7.81. The smallest absolute Gasteiger partial charge is 0.220 e. The molecule has 0 aromatic heterocycles. The minimum Gasteiger partial charge on any atom is -0.357 e. The Hall–Kier alpha value is -1.31. The Morgan fingerprint density at radius 1 is 1.21 bits per heavy atom. The largest absolute Gasteiger partial charge is 0.357 e. The number of halogens is 1. The van der Waals surface area contributed by atoms with Crippen molar-refractivity contribution in [3.63, 3.8) is 0 Å². The summed E-state index contributed by atoms with van der Waals surface area (Å²) in [5.41, 5.74) is 4.34. The summed E-state index contributed by atoms with van der Waals surface area (Å²) in [5, 5.41) is 9.85. The van der Waals surface area contributed by atoms with Crippen molar-refractivity contribution in [3.8, 4) is 0 Å². The van der Waals surface area contributed by atoms with E-state index in [-0.39, 0.29) is 35.9 Å². The molecular weight excluding hydrogens is 463 g/mol. The molecule has 0 saturated heterocycles. The van der Waals surface area contributed by atoms with Crippen LogP contribution in [0.2, 0.25) is 0 Å². The van der Waals surface area contributed by atoms with Gasteiger partial charge in [-0.15, -0.1) is 24.0 Å². The first-order valence-electron chi connectivity index (χ1n) is 10.6. The molecule has 156 valence electrons.